The summed E-state index contributed by atoms with van der Waals surface area (Å²) in [6.45, 7) is 4.59. The Morgan fingerprint density at radius 2 is 2.06 bits per heavy atom. The van der Waals surface area contributed by atoms with Gasteiger partial charge in [0.1, 0.15) is 5.82 Å². The Bertz CT molecular complexity index is 573. The number of hydrogen-bond acceptors (Lipinski definition) is 2. The molecular weight excluding hydrogens is 229 g/mol. The summed E-state index contributed by atoms with van der Waals surface area (Å²) >= 11 is 0. The van der Waals surface area contributed by atoms with Crippen LogP contribution in [0.1, 0.15) is 16.8 Å². The van der Waals surface area contributed by atoms with Gasteiger partial charge in [-0.3, -0.25) is 4.68 Å². The zero-order chi connectivity index (χ0) is 13.3. The van der Waals surface area contributed by atoms with Gasteiger partial charge >= 0.3 is 0 Å². The van der Waals surface area contributed by atoms with Gasteiger partial charge in [0.05, 0.1) is 11.4 Å². The second-order valence-electron chi connectivity index (χ2n) is 4.54. The van der Waals surface area contributed by atoms with Crippen LogP contribution in [0.3, 0.4) is 0 Å². The average Bonchev–Trinajstić information content (AvgIpc) is 2.61. The first-order valence-corrected chi connectivity index (χ1v) is 5.98. The molecule has 2 aromatic rings. The highest BCUT2D eigenvalue weighted by atomic mass is 19.1. The lowest BCUT2D eigenvalue weighted by atomic mass is 10.0. The van der Waals surface area contributed by atoms with E-state index in [2.05, 4.69) is 10.4 Å². The fraction of sp³-hybridized carbons (Fsp3) is 0.357. The molecule has 0 aliphatic heterocycles. The van der Waals surface area contributed by atoms with Gasteiger partial charge in [0.2, 0.25) is 0 Å². The standard InChI is InChI=1S/C14H18FN3/c1-9-7-11(5-6-12(9)15)14-10(2)13(8-16-3)18(4)17-14/h5-7,16H,8H2,1-4H3. The van der Waals surface area contributed by atoms with E-state index in [9.17, 15) is 4.39 Å². The first kappa shape index (κ1) is 12.8. The van der Waals surface area contributed by atoms with E-state index in [1.165, 1.54) is 6.07 Å². The molecule has 1 heterocycles. The van der Waals surface area contributed by atoms with Crippen molar-refractivity contribution in [3.8, 4) is 11.3 Å². The molecule has 1 aromatic heterocycles. The third-order valence-corrected chi connectivity index (χ3v) is 3.20. The summed E-state index contributed by atoms with van der Waals surface area (Å²) in [5.41, 5.74) is 4.82. The number of nitrogens with one attached hydrogen (secondary N) is 1. The Hall–Kier alpha value is -1.68. The molecule has 0 spiro atoms. The fourth-order valence-corrected chi connectivity index (χ4v) is 2.15. The molecule has 3 nitrogen and oxygen atoms in total. The first-order valence-electron chi connectivity index (χ1n) is 5.98. The second-order valence-corrected chi connectivity index (χ2v) is 4.54. The van der Waals surface area contributed by atoms with Crippen molar-refractivity contribution < 1.29 is 4.39 Å². The average molecular weight is 247 g/mol. The van der Waals surface area contributed by atoms with E-state index in [4.69, 9.17) is 0 Å². The fourth-order valence-electron chi connectivity index (χ4n) is 2.15. The second kappa shape index (κ2) is 4.90. The van der Waals surface area contributed by atoms with Crippen LogP contribution in [0.5, 0.6) is 0 Å². The summed E-state index contributed by atoms with van der Waals surface area (Å²) in [4.78, 5) is 0. The van der Waals surface area contributed by atoms with Crippen molar-refractivity contribution in [3.05, 3.63) is 40.8 Å². The molecule has 1 N–H and O–H groups in total. The molecule has 0 bridgehead atoms. The molecule has 0 aliphatic carbocycles. The molecule has 0 saturated heterocycles. The van der Waals surface area contributed by atoms with Crippen molar-refractivity contribution in [3.63, 3.8) is 0 Å². The number of nitrogens with zero attached hydrogens (tertiary/aromatic N) is 2. The summed E-state index contributed by atoms with van der Waals surface area (Å²) in [7, 11) is 3.84. The number of rotatable bonds is 3. The largest absolute Gasteiger partial charge is 0.314 e. The third-order valence-electron chi connectivity index (χ3n) is 3.20. The molecule has 0 amide bonds. The van der Waals surface area contributed by atoms with E-state index >= 15 is 0 Å². The number of aromatic nitrogens is 2. The van der Waals surface area contributed by atoms with Crippen LogP contribution in [0.2, 0.25) is 0 Å². The van der Waals surface area contributed by atoms with Gasteiger partial charge in [-0.1, -0.05) is 0 Å². The molecule has 0 atom stereocenters. The van der Waals surface area contributed by atoms with Crippen molar-refractivity contribution in [1.29, 1.82) is 0 Å². The van der Waals surface area contributed by atoms with Crippen LogP contribution >= 0.6 is 0 Å². The van der Waals surface area contributed by atoms with Crippen LogP contribution in [0, 0.1) is 19.7 Å². The first-order chi connectivity index (χ1) is 8.54. The van der Waals surface area contributed by atoms with Gasteiger partial charge in [0.25, 0.3) is 0 Å². The summed E-state index contributed by atoms with van der Waals surface area (Å²) < 4.78 is 15.2. The van der Waals surface area contributed by atoms with Gasteiger partial charge in [-0.05, 0) is 50.2 Å². The Balaban J connectivity index is 2.50. The monoisotopic (exact) mass is 247 g/mol. The van der Waals surface area contributed by atoms with E-state index in [1.54, 1.807) is 13.0 Å². The maximum absolute atomic E-state index is 13.3. The molecule has 0 radical (unpaired) electrons. The predicted molar refractivity (Wildman–Crippen MR) is 70.8 cm³/mol. The number of hydrogen-bond donors (Lipinski definition) is 1. The Morgan fingerprint density at radius 3 is 2.67 bits per heavy atom. The quantitative estimate of drug-likeness (QED) is 0.903. The highest BCUT2D eigenvalue weighted by molar-refractivity contribution is 5.64. The zero-order valence-corrected chi connectivity index (χ0v) is 11.2. The molecule has 96 valence electrons. The van der Waals surface area contributed by atoms with Crippen LogP contribution in [0.25, 0.3) is 11.3 Å². The number of aryl methyl sites for hydroxylation is 2. The molecule has 0 aliphatic rings. The maximum atomic E-state index is 13.3. The van der Waals surface area contributed by atoms with E-state index in [0.717, 1.165) is 29.1 Å². The molecule has 1 aromatic carbocycles. The minimum Gasteiger partial charge on any atom is -0.314 e. The van der Waals surface area contributed by atoms with E-state index in [1.807, 2.05) is 31.8 Å². The molecule has 4 heteroatoms. The van der Waals surface area contributed by atoms with Gasteiger partial charge < -0.3 is 5.32 Å². The lowest BCUT2D eigenvalue weighted by molar-refractivity contribution is 0.618. The maximum Gasteiger partial charge on any atom is 0.126 e. The molecule has 18 heavy (non-hydrogen) atoms. The van der Waals surface area contributed by atoms with Gasteiger partial charge in [0.15, 0.2) is 0 Å². The molecule has 0 fully saturated rings. The highest BCUT2D eigenvalue weighted by Crippen LogP contribution is 2.25. The topological polar surface area (TPSA) is 29.9 Å². The lowest BCUT2D eigenvalue weighted by Gasteiger charge is -2.03. The predicted octanol–water partition coefficient (Wildman–Crippen LogP) is 2.56. The van der Waals surface area contributed by atoms with E-state index < -0.39 is 0 Å². The summed E-state index contributed by atoms with van der Waals surface area (Å²) in [5.74, 6) is -0.178. The van der Waals surface area contributed by atoms with Crippen molar-refractivity contribution in [2.24, 2.45) is 7.05 Å². The van der Waals surface area contributed by atoms with Gasteiger partial charge in [0, 0.05) is 19.2 Å². The van der Waals surface area contributed by atoms with Crippen LogP contribution < -0.4 is 5.32 Å². The van der Waals surface area contributed by atoms with Crippen molar-refractivity contribution >= 4 is 0 Å². The van der Waals surface area contributed by atoms with Crippen molar-refractivity contribution in [1.82, 2.24) is 15.1 Å². The van der Waals surface area contributed by atoms with E-state index in [0.29, 0.717) is 5.56 Å². The Labute approximate surface area is 107 Å². The van der Waals surface area contributed by atoms with Gasteiger partial charge in [-0.2, -0.15) is 5.10 Å². The smallest absolute Gasteiger partial charge is 0.126 e. The van der Waals surface area contributed by atoms with Crippen LogP contribution in [-0.2, 0) is 13.6 Å². The summed E-state index contributed by atoms with van der Waals surface area (Å²) in [5, 5.41) is 7.65. The Morgan fingerprint density at radius 1 is 1.33 bits per heavy atom. The molecular formula is C14H18FN3. The number of halogens is 1. The van der Waals surface area contributed by atoms with Crippen molar-refractivity contribution in [2.45, 2.75) is 20.4 Å². The van der Waals surface area contributed by atoms with Gasteiger partial charge in [-0.25, -0.2) is 4.39 Å². The third kappa shape index (κ3) is 2.16. The summed E-state index contributed by atoms with van der Waals surface area (Å²) in [6.07, 6.45) is 0. The van der Waals surface area contributed by atoms with Crippen LogP contribution in [-0.4, -0.2) is 16.8 Å². The van der Waals surface area contributed by atoms with Crippen LogP contribution in [0.15, 0.2) is 18.2 Å². The summed E-state index contributed by atoms with van der Waals surface area (Å²) in [6, 6.07) is 5.12. The zero-order valence-electron chi connectivity index (χ0n) is 11.2. The minimum absolute atomic E-state index is 0.178. The molecule has 2 rings (SSSR count). The SMILES string of the molecule is CNCc1c(C)c(-c2ccc(F)c(C)c2)nn1C. The minimum atomic E-state index is -0.178. The molecule has 0 unspecified atom stereocenters. The molecule has 0 saturated carbocycles. The normalized spacial score (nSPS) is 10.9. The number of benzene rings is 1. The Kier molecular flexibility index (Phi) is 3.48. The van der Waals surface area contributed by atoms with Gasteiger partial charge in [-0.15, -0.1) is 0 Å². The van der Waals surface area contributed by atoms with Crippen LogP contribution in [0.4, 0.5) is 4.39 Å². The van der Waals surface area contributed by atoms with E-state index in [-0.39, 0.29) is 5.82 Å². The lowest BCUT2D eigenvalue weighted by Crippen LogP contribution is -2.10. The van der Waals surface area contributed by atoms with Crippen molar-refractivity contribution in [2.75, 3.05) is 7.05 Å². The highest BCUT2D eigenvalue weighted by Gasteiger charge is 2.13.